The Morgan fingerprint density at radius 2 is 1.62 bits per heavy atom. The van der Waals surface area contributed by atoms with E-state index >= 15 is 0 Å². The maximum atomic E-state index is 10.1. The smallest absolute Gasteiger partial charge is 0.305 e. The van der Waals surface area contributed by atoms with E-state index in [2.05, 4.69) is 0 Å². The van der Waals surface area contributed by atoms with Crippen LogP contribution in [0.3, 0.4) is 0 Å². The van der Waals surface area contributed by atoms with Crippen molar-refractivity contribution >= 4 is 11.9 Å². The van der Waals surface area contributed by atoms with Crippen LogP contribution >= 0.6 is 0 Å². The standard InChI is InChI=1S/C9H17NO6/c10-7(16-6-3-9(13)14)1-4-15-5-2-8(11)12/h7H,1-6,10H2,(H,11,12)(H,13,14). The molecule has 0 aromatic carbocycles. The van der Waals surface area contributed by atoms with Gasteiger partial charge in [-0.1, -0.05) is 0 Å². The number of aliphatic carboxylic acids is 2. The fourth-order valence-electron chi connectivity index (χ4n) is 0.842. The molecule has 0 radical (unpaired) electrons. The van der Waals surface area contributed by atoms with Crippen molar-refractivity contribution in [3.63, 3.8) is 0 Å². The first-order valence-corrected chi connectivity index (χ1v) is 4.91. The Morgan fingerprint density at radius 1 is 1.06 bits per heavy atom. The number of hydrogen-bond donors (Lipinski definition) is 3. The van der Waals surface area contributed by atoms with Crippen molar-refractivity contribution in [3.05, 3.63) is 0 Å². The Labute approximate surface area is 93.1 Å². The molecular formula is C9H17NO6. The molecule has 0 amide bonds. The number of carboxylic acid groups (broad SMARTS) is 2. The molecule has 0 aromatic rings. The Kier molecular flexibility index (Phi) is 8.41. The maximum Gasteiger partial charge on any atom is 0.305 e. The summed E-state index contributed by atoms with van der Waals surface area (Å²) in [5.74, 6) is -1.85. The molecule has 4 N–H and O–H groups in total. The lowest BCUT2D eigenvalue weighted by atomic mass is 10.4. The van der Waals surface area contributed by atoms with Crippen molar-refractivity contribution < 1.29 is 29.3 Å². The molecule has 0 spiro atoms. The molecule has 94 valence electrons. The van der Waals surface area contributed by atoms with E-state index in [0.717, 1.165) is 0 Å². The minimum atomic E-state index is -0.940. The fraction of sp³-hybridized carbons (Fsp3) is 0.778. The van der Waals surface area contributed by atoms with Crippen LogP contribution in [0.5, 0.6) is 0 Å². The number of nitrogens with two attached hydrogens (primary N) is 1. The maximum absolute atomic E-state index is 10.1. The van der Waals surface area contributed by atoms with E-state index in [1.165, 1.54) is 0 Å². The molecule has 7 heteroatoms. The van der Waals surface area contributed by atoms with Crippen LogP contribution in [0, 0.1) is 0 Å². The first-order valence-electron chi connectivity index (χ1n) is 4.91. The van der Waals surface area contributed by atoms with Crippen LogP contribution in [0.15, 0.2) is 0 Å². The van der Waals surface area contributed by atoms with Gasteiger partial charge in [0.1, 0.15) is 6.23 Å². The molecule has 7 nitrogen and oxygen atoms in total. The third kappa shape index (κ3) is 10.9. The van der Waals surface area contributed by atoms with E-state index in [1.807, 2.05) is 0 Å². The number of ether oxygens (including phenoxy) is 2. The van der Waals surface area contributed by atoms with Gasteiger partial charge in [-0.2, -0.15) is 0 Å². The summed E-state index contributed by atoms with van der Waals surface area (Å²) in [4.78, 5) is 20.3. The summed E-state index contributed by atoms with van der Waals surface area (Å²) in [6, 6.07) is 0. The fourth-order valence-corrected chi connectivity index (χ4v) is 0.842. The van der Waals surface area contributed by atoms with Crippen LogP contribution in [0.4, 0.5) is 0 Å². The summed E-state index contributed by atoms with van der Waals surface area (Å²) >= 11 is 0. The van der Waals surface area contributed by atoms with E-state index in [-0.39, 0.29) is 26.1 Å². The van der Waals surface area contributed by atoms with Crippen molar-refractivity contribution in [2.45, 2.75) is 25.5 Å². The van der Waals surface area contributed by atoms with Gasteiger partial charge < -0.3 is 25.4 Å². The Bertz CT molecular complexity index is 220. The minimum absolute atomic E-state index is 0.0465. The largest absolute Gasteiger partial charge is 0.481 e. The molecule has 0 heterocycles. The topological polar surface area (TPSA) is 119 Å². The van der Waals surface area contributed by atoms with Gasteiger partial charge in [-0.3, -0.25) is 9.59 Å². The Hall–Kier alpha value is -1.18. The van der Waals surface area contributed by atoms with Gasteiger partial charge in [0.25, 0.3) is 0 Å². The van der Waals surface area contributed by atoms with Crippen molar-refractivity contribution in [3.8, 4) is 0 Å². The van der Waals surface area contributed by atoms with Crippen molar-refractivity contribution in [2.75, 3.05) is 19.8 Å². The summed E-state index contributed by atoms with van der Waals surface area (Å²) in [6.45, 7) is 0.490. The van der Waals surface area contributed by atoms with Crippen LogP contribution < -0.4 is 5.73 Å². The average molecular weight is 235 g/mol. The van der Waals surface area contributed by atoms with E-state index in [0.29, 0.717) is 13.0 Å². The SMILES string of the molecule is NC(CCOCCC(=O)O)OCCC(=O)O. The van der Waals surface area contributed by atoms with Gasteiger partial charge in [0.15, 0.2) is 0 Å². The van der Waals surface area contributed by atoms with Gasteiger partial charge in [0, 0.05) is 6.42 Å². The van der Waals surface area contributed by atoms with Crippen LogP contribution in [0.1, 0.15) is 19.3 Å². The predicted octanol–water partition coefficient (Wildman–Crippen LogP) is -0.356. The van der Waals surface area contributed by atoms with Crippen LogP contribution in [-0.4, -0.2) is 48.2 Å². The molecule has 0 aliphatic heterocycles. The van der Waals surface area contributed by atoms with Gasteiger partial charge >= 0.3 is 11.9 Å². The van der Waals surface area contributed by atoms with Crippen LogP contribution in [0.25, 0.3) is 0 Å². The molecule has 0 aromatic heterocycles. The highest BCUT2D eigenvalue weighted by atomic mass is 16.5. The zero-order valence-corrected chi connectivity index (χ0v) is 8.92. The highest BCUT2D eigenvalue weighted by molar-refractivity contribution is 5.67. The van der Waals surface area contributed by atoms with Crippen LogP contribution in [-0.2, 0) is 19.1 Å². The highest BCUT2D eigenvalue weighted by Crippen LogP contribution is 1.94. The quantitative estimate of drug-likeness (QED) is 0.349. The average Bonchev–Trinajstić information content (AvgIpc) is 2.16. The Morgan fingerprint density at radius 3 is 2.19 bits per heavy atom. The lowest BCUT2D eigenvalue weighted by Gasteiger charge is -2.11. The zero-order valence-electron chi connectivity index (χ0n) is 8.92. The normalized spacial score (nSPS) is 12.3. The van der Waals surface area contributed by atoms with E-state index < -0.39 is 18.2 Å². The molecule has 0 aliphatic carbocycles. The third-order valence-corrected chi connectivity index (χ3v) is 1.65. The van der Waals surface area contributed by atoms with Crippen molar-refractivity contribution in [1.82, 2.24) is 0 Å². The first kappa shape index (κ1) is 14.8. The minimum Gasteiger partial charge on any atom is -0.481 e. The number of hydrogen-bond acceptors (Lipinski definition) is 5. The third-order valence-electron chi connectivity index (χ3n) is 1.65. The number of carbonyl (C=O) groups is 2. The van der Waals surface area contributed by atoms with Crippen LogP contribution in [0.2, 0.25) is 0 Å². The second kappa shape index (κ2) is 9.08. The molecule has 0 rings (SSSR count). The molecule has 0 saturated heterocycles. The van der Waals surface area contributed by atoms with Gasteiger partial charge in [-0.25, -0.2) is 0 Å². The van der Waals surface area contributed by atoms with Gasteiger partial charge in [-0.05, 0) is 0 Å². The molecule has 0 aliphatic rings. The number of carboxylic acids is 2. The van der Waals surface area contributed by atoms with Gasteiger partial charge in [-0.15, -0.1) is 0 Å². The molecule has 0 bridgehead atoms. The molecular weight excluding hydrogens is 218 g/mol. The highest BCUT2D eigenvalue weighted by Gasteiger charge is 2.04. The summed E-state index contributed by atoms with van der Waals surface area (Å²) in [5, 5.41) is 16.6. The van der Waals surface area contributed by atoms with E-state index in [4.69, 9.17) is 25.4 Å². The van der Waals surface area contributed by atoms with E-state index in [1.54, 1.807) is 0 Å². The lowest BCUT2D eigenvalue weighted by molar-refractivity contribution is -0.139. The second-order valence-corrected chi connectivity index (χ2v) is 3.10. The summed E-state index contributed by atoms with van der Waals surface area (Å²) in [5.41, 5.74) is 5.49. The molecule has 0 fully saturated rings. The molecule has 1 atom stereocenters. The molecule has 16 heavy (non-hydrogen) atoms. The summed E-state index contributed by atoms with van der Waals surface area (Å²) in [7, 11) is 0. The molecule has 0 saturated carbocycles. The molecule has 1 unspecified atom stereocenters. The van der Waals surface area contributed by atoms with Gasteiger partial charge in [0.05, 0.1) is 32.7 Å². The monoisotopic (exact) mass is 235 g/mol. The van der Waals surface area contributed by atoms with Crippen molar-refractivity contribution in [1.29, 1.82) is 0 Å². The van der Waals surface area contributed by atoms with E-state index in [9.17, 15) is 9.59 Å². The number of rotatable bonds is 10. The zero-order chi connectivity index (χ0) is 12.4. The Balaban J connectivity index is 3.26. The van der Waals surface area contributed by atoms with Crippen molar-refractivity contribution in [2.24, 2.45) is 5.73 Å². The summed E-state index contributed by atoms with van der Waals surface area (Å²) < 4.78 is 9.97. The predicted molar refractivity (Wildman–Crippen MR) is 53.9 cm³/mol. The van der Waals surface area contributed by atoms with Gasteiger partial charge in [0.2, 0.25) is 0 Å². The first-order chi connectivity index (χ1) is 7.52. The lowest BCUT2D eigenvalue weighted by Crippen LogP contribution is -2.26. The second-order valence-electron chi connectivity index (χ2n) is 3.10. The summed E-state index contributed by atoms with van der Waals surface area (Å²) in [6.07, 6.45) is -0.314.